The second-order valence-electron chi connectivity index (χ2n) is 5.49. The molecule has 0 aliphatic carbocycles. The van der Waals surface area contributed by atoms with Crippen LogP contribution in [0.3, 0.4) is 0 Å². The molecule has 0 fully saturated rings. The van der Waals surface area contributed by atoms with E-state index in [2.05, 4.69) is 20.7 Å². The van der Waals surface area contributed by atoms with E-state index >= 15 is 0 Å². The van der Waals surface area contributed by atoms with Gasteiger partial charge in [0.2, 0.25) is 0 Å². The predicted molar refractivity (Wildman–Crippen MR) is 102 cm³/mol. The van der Waals surface area contributed by atoms with E-state index in [4.69, 9.17) is 9.57 Å². The maximum absolute atomic E-state index is 12.1. The van der Waals surface area contributed by atoms with Gasteiger partial charge in [0.15, 0.2) is 0 Å². The maximum atomic E-state index is 12.1. The van der Waals surface area contributed by atoms with E-state index in [0.29, 0.717) is 28.3 Å². The van der Waals surface area contributed by atoms with E-state index in [0.717, 1.165) is 0 Å². The Bertz CT molecular complexity index is 989. The zero-order valence-corrected chi connectivity index (χ0v) is 14.9. The van der Waals surface area contributed by atoms with Crippen LogP contribution in [0.15, 0.2) is 83.3 Å². The summed E-state index contributed by atoms with van der Waals surface area (Å²) in [5.74, 6) is -0.646. The summed E-state index contributed by atoms with van der Waals surface area (Å²) in [6, 6.07) is 16.5. The Kier molecular flexibility index (Phi) is 6.04. The molecule has 0 saturated carbocycles. The molecule has 2 aromatic carbocycles. The van der Waals surface area contributed by atoms with E-state index in [1.54, 1.807) is 66.9 Å². The molecular weight excluding hydrogens is 360 g/mol. The van der Waals surface area contributed by atoms with Crippen LogP contribution in [0.1, 0.15) is 20.7 Å². The smallest absolute Gasteiger partial charge is 0.366 e. The standard InChI is InChI=1S/C20H16N4O4/c1-27-18-7-3-2-6-17(18)20(26)28-24-16-10-8-15(9-11-16)22-23-19(25)14-5-4-12-21-13-14/h2-13,24H,1H3. The highest BCUT2D eigenvalue weighted by Gasteiger charge is 2.13. The van der Waals surface area contributed by atoms with Crippen molar-refractivity contribution in [2.75, 3.05) is 12.6 Å². The average Bonchev–Trinajstić information content (AvgIpc) is 2.77. The quantitative estimate of drug-likeness (QED) is 0.511. The van der Waals surface area contributed by atoms with Gasteiger partial charge in [0.25, 0.3) is 5.91 Å². The highest BCUT2D eigenvalue weighted by atomic mass is 16.7. The Morgan fingerprint density at radius 2 is 1.79 bits per heavy atom. The van der Waals surface area contributed by atoms with Gasteiger partial charge in [-0.15, -0.1) is 10.2 Å². The molecule has 0 unspecified atom stereocenters. The van der Waals surface area contributed by atoms with Crippen LogP contribution in [0.5, 0.6) is 5.75 Å². The van der Waals surface area contributed by atoms with Crippen molar-refractivity contribution in [3.8, 4) is 5.75 Å². The number of para-hydroxylation sites is 1. The molecule has 0 saturated heterocycles. The fourth-order valence-electron chi connectivity index (χ4n) is 2.22. The molecule has 0 aliphatic heterocycles. The predicted octanol–water partition coefficient (Wildman–Crippen LogP) is 4.20. The number of anilines is 1. The average molecular weight is 376 g/mol. The van der Waals surface area contributed by atoms with Crippen molar-refractivity contribution in [3.63, 3.8) is 0 Å². The zero-order chi connectivity index (χ0) is 19.8. The van der Waals surface area contributed by atoms with Crippen LogP contribution in [0.25, 0.3) is 0 Å². The lowest BCUT2D eigenvalue weighted by atomic mass is 10.2. The van der Waals surface area contributed by atoms with Crippen LogP contribution < -0.4 is 10.2 Å². The molecule has 0 atom stereocenters. The van der Waals surface area contributed by atoms with Crippen LogP contribution in [0.2, 0.25) is 0 Å². The van der Waals surface area contributed by atoms with Gasteiger partial charge in [0.05, 0.1) is 24.0 Å². The number of benzene rings is 2. The van der Waals surface area contributed by atoms with Gasteiger partial charge < -0.3 is 9.57 Å². The minimum atomic E-state index is -0.580. The van der Waals surface area contributed by atoms with E-state index < -0.39 is 11.9 Å². The fraction of sp³-hybridized carbons (Fsp3) is 0.0500. The van der Waals surface area contributed by atoms with Crippen molar-refractivity contribution in [1.29, 1.82) is 0 Å². The third-order valence-corrected chi connectivity index (χ3v) is 3.62. The van der Waals surface area contributed by atoms with Crippen molar-refractivity contribution in [2.24, 2.45) is 10.2 Å². The lowest BCUT2D eigenvalue weighted by Crippen LogP contribution is -2.11. The molecule has 0 bridgehead atoms. The molecule has 8 heteroatoms. The van der Waals surface area contributed by atoms with Gasteiger partial charge in [-0.1, -0.05) is 12.1 Å². The third kappa shape index (κ3) is 4.76. The summed E-state index contributed by atoms with van der Waals surface area (Å²) in [4.78, 5) is 32.9. The van der Waals surface area contributed by atoms with Gasteiger partial charge in [-0.25, -0.2) is 10.3 Å². The van der Waals surface area contributed by atoms with Crippen LogP contribution in [0.4, 0.5) is 11.4 Å². The zero-order valence-electron chi connectivity index (χ0n) is 14.9. The van der Waals surface area contributed by atoms with Crippen LogP contribution in [-0.2, 0) is 4.84 Å². The van der Waals surface area contributed by atoms with Crippen LogP contribution in [-0.4, -0.2) is 24.0 Å². The first-order chi connectivity index (χ1) is 13.7. The number of nitrogens with one attached hydrogen (secondary N) is 1. The first-order valence-electron chi connectivity index (χ1n) is 8.24. The van der Waals surface area contributed by atoms with Gasteiger partial charge in [-0.05, 0) is 48.5 Å². The Balaban J connectivity index is 1.58. The number of rotatable bonds is 6. The first-order valence-corrected chi connectivity index (χ1v) is 8.24. The second kappa shape index (κ2) is 9.04. The van der Waals surface area contributed by atoms with Crippen LogP contribution >= 0.6 is 0 Å². The summed E-state index contributed by atoms with van der Waals surface area (Å²) < 4.78 is 5.13. The Hall–Kier alpha value is -4.07. The first kappa shape index (κ1) is 18.7. The number of hydrogen-bond acceptors (Lipinski definition) is 7. The number of nitrogens with zero attached hydrogens (tertiary/aromatic N) is 3. The Labute approximate surface area is 160 Å². The summed E-state index contributed by atoms with van der Waals surface area (Å²) in [6.45, 7) is 0. The van der Waals surface area contributed by atoms with Gasteiger partial charge in [-0.3, -0.25) is 9.78 Å². The van der Waals surface area contributed by atoms with Crippen molar-refractivity contribution < 1.29 is 19.2 Å². The molecule has 28 heavy (non-hydrogen) atoms. The Morgan fingerprint density at radius 3 is 2.50 bits per heavy atom. The number of amides is 1. The van der Waals surface area contributed by atoms with E-state index in [-0.39, 0.29) is 0 Å². The van der Waals surface area contributed by atoms with Crippen molar-refractivity contribution >= 4 is 23.3 Å². The molecule has 0 aliphatic rings. The molecule has 1 amide bonds. The molecule has 0 radical (unpaired) electrons. The molecule has 1 heterocycles. The number of ether oxygens (including phenoxy) is 1. The van der Waals surface area contributed by atoms with E-state index in [9.17, 15) is 9.59 Å². The minimum Gasteiger partial charge on any atom is -0.496 e. The summed E-state index contributed by atoms with van der Waals surface area (Å²) >= 11 is 0. The Morgan fingerprint density at radius 1 is 1.00 bits per heavy atom. The number of pyridine rings is 1. The van der Waals surface area contributed by atoms with Gasteiger partial charge in [0.1, 0.15) is 11.3 Å². The van der Waals surface area contributed by atoms with Crippen molar-refractivity contribution in [2.45, 2.75) is 0 Å². The molecule has 140 valence electrons. The van der Waals surface area contributed by atoms with Gasteiger partial charge in [-0.2, -0.15) is 0 Å². The lowest BCUT2D eigenvalue weighted by molar-refractivity contribution is 0.0592. The number of carbonyl (C=O) groups is 2. The number of methoxy groups -OCH3 is 1. The van der Waals surface area contributed by atoms with Crippen LogP contribution in [0, 0.1) is 0 Å². The van der Waals surface area contributed by atoms with E-state index in [1.807, 2.05) is 0 Å². The monoisotopic (exact) mass is 376 g/mol. The van der Waals surface area contributed by atoms with E-state index in [1.165, 1.54) is 13.3 Å². The fourth-order valence-corrected chi connectivity index (χ4v) is 2.22. The molecule has 8 nitrogen and oxygen atoms in total. The third-order valence-electron chi connectivity index (χ3n) is 3.62. The largest absolute Gasteiger partial charge is 0.496 e. The summed E-state index contributed by atoms with van der Waals surface area (Å²) in [7, 11) is 1.48. The molecule has 3 rings (SSSR count). The highest BCUT2D eigenvalue weighted by molar-refractivity contribution is 5.94. The second-order valence-corrected chi connectivity index (χ2v) is 5.49. The summed E-state index contributed by atoms with van der Waals surface area (Å²) in [6.07, 6.45) is 2.99. The molecular formula is C20H16N4O4. The lowest BCUT2D eigenvalue weighted by Gasteiger charge is -2.09. The maximum Gasteiger partial charge on any atom is 0.366 e. The van der Waals surface area contributed by atoms with Gasteiger partial charge in [0, 0.05) is 12.4 Å². The highest BCUT2D eigenvalue weighted by Crippen LogP contribution is 2.20. The van der Waals surface area contributed by atoms with Gasteiger partial charge >= 0.3 is 5.97 Å². The molecule has 1 N–H and O–H groups in total. The SMILES string of the molecule is COc1ccccc1C(=O)ONc1ccc(N=NC(=O)c2cccnc2)cc1. The topological polar surface area (TPSA) is 102 Å². The van der Waals surface area contributed by atoms with Crippen molar-refractivity contribution in [3.05, 3.63) is 84.2 Å². The minimum absolute atomic E-state index is 0.303. The molecule has 1 aromatic heterocycles. The summed E-state index contributed by atoms with van der Waals surface area (Å²) in [5, 5.41) is 7.54. The van der Waals surface area contributed by atoms with Crippen molar-refractivity contribution in [1.82, 2.24) is 4.98 Å². The molecule has 3 aromatic rings. The molecule has 0 spiro atoms. The number of carbonyl (C=O) groups excluding carboxylic acids is 2. The summed E-state index contributed by atoms with van der Waals surface area (Å²) in [5.41, 5.74) is 4.22. The number of hydrogen-bond donors (Lipinski definition) is 1. The number of aromatic nitrogens is 1. The number of azo groups is 1. The normalized spacial score (nSPS) is 10.5.